The summed E-state index contributed by atoms with van der Waals surface area (Å²) in [5.41, 5.74) is 0.573. The van der Waals surface area contributed by atoms with E-state index in [4.69, 9.17) is 18.9 Å². The molecule has 1 aromatic carbocycles. The Morgan fingerprint density at radius 3 is 2.46 bits per heavy atom. The molecule has 0 aromatic heterocycles. The second-order valence-corrected chi connectivity index (χ2v) is 9.40. The number of aliphatic hydroxyl groups excluding tert-OH is 4. The molecule has 10 unspecified atom stereocenters. The molecular formula is C25H30O12. The lowest BCUT2D eigenvalue weighted by atomic mass is 9.83. The predicted octanol–water partition coefficient (Wildman–Crippen LogP) is -0.269. The first kappa shape index (κ1) is 27.0. The van der Waals surface area contributed by atoms with Crippen LogP contribution < -0.4 is 0 Å². The quantitative estimate of drug-likeness (QED) is 0.203. The van der Waals surface area contributed by atoms with Crippen LogP contribution in [0.2, 0.25) is 0 Å². The molecule has 0 radical (unpaired) electrons. The summed E-state index contributed by atoms with van der Waals surface area (Å²) in [6, 6.07) is 5.99. The van der Waals surface area contributed by atoms with Crippen LogP contribution in [0.4, 0.5) is 0 Å². The van der Waals surface area contributed by atoms with E-state index in [1.54, 1.807) is 19.1 Å². The van der Waals surface area contributed by atoms with Crippen molar-refractivity contribution in [3.8, 4) is 5.75 Å². The SMILES string of the molecule is CC1C(O)CC2C(C(=O)O)=COC(OC3OC(CO)C(O)C(O)C3OC(=O)C=Cc3ccc(O)cc3)C21. The van der Waals surface area contributed by atoms with Crippen molar-refractivity contribution in [3.63, 3.8) is 0 Å². The Kier molecular flexibility index (Phi) is 8.17. The summed E-state index contributed by atoms with van der Waals surface area (Å²) < 4.78 is 22.4. The highest BCUT2D eigenvalue weighted by molar-refractivity contribution is 5.87. The van der Waals surface area contributed by atoms with Gasteiger partial charge in [0.15, 0.2) is 6.10 Å². The summed E-state index contributed by atoms with van der Waals surface area (Å²) in [6.07, 6.45) is -5.85. The van der Waals surface area contributed by atoms with Crippen molar-refractivity contribution >= 4 is 18.0 Å². The van der Waals surface area contributed by atoms with Crippen molar-refractivity contribution < 1.29 is 59.2 Å². The first-order valence-electron chi connectivity index (χ1n) is 11.8. The molecule has 12 heteroatoms. The number of fused-ring (bicyclic) bond motifs is 1. The Balaban J connectivity index is 1.54. The van der Waals surface area contributed by atoms with E-state index in [0.29, 0.717) is 5.56 Å². The van der Waals surface area contributed by atoms with Crippen molar-refractivity contribution in [2.24, 2.45) is 17.8 Å². The van der Waals surface area contributed by atoms with Gasteiger partial charge in [0.05, 0.1) is 24.5 Å². The van der Waals surface area contributed by atoms with Crippen LogP contribution in [0.25, 0.3) is 6.08 Å². The van der Waals surface area contributed by atoms with Crippen molar-refractivity contribution in [1.29, 1.82) is 0 Å². The molecule has 12 nitrogen and oxygen atoms in total. The summed E-state index contributed by atoms with van der Waals surface area (Å²) in [7, 11) is 0. The van der Waals surface area contributed by atoms with Crippen LogP contribution in [0.15, 0.2) is 42.2 Å². The lowest BCUT2D eigenvalue weighted by Gasteiger charge is -2.44. The third-order valence-electron chi connectivity index (χ3n) is 7.11. The number of aliphatic hydroxyl groups is 4. The summed E-state index contributed by atoms with van der Waals surface area (Å²) in [6.45, 7) is 1.05. The summed E-state index contributed by atoms with van der Waals surface area (Å²) in [5, 5.41) is 59.9. The van der Waals surface area contributed by atoms with Crippen LogP contribution in [-0.2, 0) is 28.5 Å². The fourth-order valence-corrected chi connectivity index (χ4v) is 5.02. The average molecular weight is 523 g/mol. The van der Waals surface area contributed by atoms with Gasteiger partial charge in [0.1, 0.15) is 24.1 Å². The van der Waals surface area contributed by atoms with Gasteiger partial charge in [-0.2, -0.15) is 0 Å². The Morgan fingerprint density at radius 2 is 1.81 bits per heavy atom. The number of ether oxygens (including phenoxy) is 4. The zero-order valence-electron chi connectivity index (χ0n) is 19.9. The van der Waals surface area contributed by atoms with Gasteiger partial charge in [-0.25, -0.2) is 9.59 Å². The molecule has 6 N–H and O–H groups in total. The smallest absolute Gasteiger partial charge is 0.334 e. The highest BCUT2D eigenvalue weighted by Crippen LogP contribution is 2.47. The van der Waals surface area contributed by atoms with E-state index >= 15 is 0 Å². The number of carboxylic acids is 1. The summed E-state index contributed by atoms with van der Waals surface area (Å²) >= 11 is 0. The standard InChI is InChI=1S/C25H30O12/c1-11-16(28)8-14-15(23(32)33)10-34-24(19(11)14)37-25-22(21(31)20(30)17(9-26)35-25)36-18(29)7-4-12-2-5-13(27)6-3-12/h2-7,10-11,14,16-17,19-22,24-28,30-31H,8-9H2,1H3,(H,32,33). The Hall–Kier alpha value is -3.00. The number of hydrogen-bond acceptors (Lipinski definition) is 11. The molecule has 1 aliphatic carbocycles. The van der Waals surface area contributed by atoms with Gasteiger partial charge in [0.25, 0.3) is 0 Å². The minimum Gasteiger partial charge on any atom is -0.508 e. The molecule has 1 saturated carbocycles. The fraction of sp³-hybridized carbons (Fsp3) is 0.520. The van der Waals surface area contributed by atoms with E-state index in [9.17, 15) is 40.2 Å². The average Bonchev–Trinajstić information content (AvgIpc) is 3.17. The molecule has 10 atom stereocenters. The minimum atomic E-state index is -1.70. The summed E-state index contributed by atoms with van der Waals surface area (Å²) in [5.74, 6) is -3.63. The molecule has 2 fully saturated rings. The molecule has 2 aliphatic heterocycles. The first-order valence-corrected chi connectivity index (χ1v) is 11.8. The molecule has 1 saturated heterocycles. The molecule has 202 valence electrons. The maximum Gasteiger partial charge on any atom is 0.334 e. The number of rotatable bonds is 7. The largest absolute Gasteiger partial charge is 0.508 e. The summed E-state index contributed by atoms with van der Waals surface area (Å²) in [4.78, 5) is 24.2. The monoisotopic (exact) mass is 522 g/mol. The van der Waals surface area contributed by atoms with Gasteiger partial charge < -0.3 is 49.6 Å². The zero-order chi connectivity index (χ0) is 26.9. The van der Waals surface area contributed by atoms with Gasteiger partial charge >= 0.3 is 11.9 Å². The van der Waals surface area contributed by atoms with Crippen molar-refractivity contribution in [1.82, 2.24) is 0 Å². The van der Waals surface area contributed by atoms with E-state index in [0.717, 1.165) is 12.3 Å². The van der Waals surface area contributed by atoms with E-state index in [1.165, 1.54) is 18.2 Å². The van der Waals surface area contributed by atoms with Gasteiger partial charge in [-0.3, -0.25) is 0 Å². The number of carbonyl (C=O) groups is 2. The molecule has 37 heavy (non-hydrogen) atoms. The maximum atomic E-state index is 12.5. The van der Waals surface area contributed by atoms with Gasteiger partial charge in [-0.1, -0.05) is 19.1 Å². The highest BCUT2D eigenvalue weighted by Gasteiger charge is 2.54. The Labute approximate surface area is 212 Å². The highest BCUT2D eigenvalue weighted by atomic mass is 16.8. The molecule has 3 aliphatic rings. The number of phenols is 1. The van der Waals surface area contributed by atoms with Gasteiger partial charge in [0.2, 0.25) is 12.6 Å². The van der Waals surface area contributed by atoms with Crippen LogP contribution >= 0.6 is 0 Å². The fourth-order valence-electron chi connectivity index (χ4n) is 5.02. The van der Waals surface area contributed by atoms with Crippen molar-refractivity contribution in [2.75, 3.05) is 6.61 Å². The third kappa shape index (κ3) is 5.64. The van der Waals surface area contributed by atoms with E-state index in [-0.39, 0.29) is 17.7 Å². The number of carboxylic acid groups (broad SMARTS) is 1. The molecular weight excluding hydrogens is 492 g/mol. The van der Waals surface area contributed by atoms with E-state index in [1.807, 2.05) is 0 Å². The Morgan fingerprint density at radius 1 is 1.11 bits per heavy atom. The first-order chi connectivity index (χ1) is 17.6. The molecule has 4 rings (SSSR count). The van der Waals surface area contributed by atoms with Crippen LogP contribution in [0.1, 0.15) is 18.9 Å². The topological polar surface area (TPSA) is 192 Å². The Bertz CT molecular complexity index is 1040. The van der Waals surface area contributed by atoms with Gasteiger partial charge in [-0.15, -0.1) is 0 Å². The number of hydrogen-bond donors (Lipinski definition) is 6. The molecule has 0 bridgehead atoms. The predicted molar refractivity (Wildman–Crippen MR) is 123 cm³/mol. The normalized spacial score (nSPS) is 37.5. The molecule has 2 heterocycles. The number of aliphatic carboxylic acids is 1. The number of phenolic OH excluding ortho intramolecular Hbond substituents is 1. The molecule has 0 spiro atoms. The van der Waals surface area contributed by atoms with Crippen molar-refractivity contribution in [3.05, 3.63) is 47.7 Å². The lowest BCUT2D eigenvalue weighted by molar-refractivity contribution is -0.343. The number of carbonyl (C=O) groups excluding carboxylic acids is 1. The maximum absolute atomic E-state index is 12.5. The number of benzene rings is 1. The number of aromatic hydroxyl groups is 1. The zero-order valence-corrected chi connectivity index (χ0v) is 19.9. The second kappa shape index (κ2) is 11.2. The molecule has 1 aromatic rings. The molecule has 0 amide bonds. The minimum absolute atomic E-state index is 0.0103. The van der Waals surface area contributed by atoms with Crippen LogP contribution in [-0.4, -0.2) is 92.3 Å². The third-order valence-corrected chi connectivity index (χ3v) is 7.11. The lowest BCUT2D eigenvalue weighted by Crippen LogP contribution is -2.61. The van der Waals surface area contributed by atoms with Crippen molar-refractivity contribution in [2.45, 2.75) is 56.4 Å². The van der Waals surface area contributed by atoms with Gasteiger partial charge in [-0.05, 0) is 36.1 Å². The van der Waals surface area contributed by atoms with E-state index < -0.39 is 79.4 Å². The van der Waals surface area contributed by atoms with Crippen LogP contribution in [0, 0.1) is 17.8 Å². The van der Waals surface area contributed by atoms with Crippen LogP contribution in [0.3, 0.4) is 0 Å². The van der Waals surface area contributed by atoms with Crippen LogP contribution in [0.5, 0.6) is 5.75 Å². The van der Waals surface area contributed by atoms with Gasteiger partial charge in [0, 0.05) is 17.9 Å². The second-order valence-electron chi connectivity index (χ2n) is 9.40. The van der Waals surface area contributed by atoms with E-state index in [2.05, 4.69) is 0 Å². The number of esters is 1.